The van der Waals surface area contributed by atoms with Crippen LogP contribution in [0.2, 0.25) is 0 Å². The topological polar surface area (TPSA) is 65.5 Å². The average molecular weight is 375 g/mol. The number of guanidine groups is 1. The first kappa shape index (κ1) is 18.1. The summed E-state index contributed by atoms with van der Waals surface area (Å²) in [5.41, 5.74) is 3.41. The maximum absolute atomic E-state index is 6.00. The number of hydrogen-bond donors (Lipinski definition) is 2. The smallest absolute Gasteiger partial charge is 0.193 e. The van der Waals surface area contributed by atoms with Gasteiger partial charge in [0.15, 0.2) is 5.96 Å². The van der Waals surface area contributed by atoms with Gasteiger partial charge >= 0.3 is 0 Å². The van der Waals surface area contributed by atoms with Crippen molar-refractivity contribution in [1.29, 1.82) is 0 Å². The van der Waals surface area contributed by atoms with Gasteiger partial charge in [-0.05, 0) is 17.2 Å². The summed E-state index contributed by atoms with van der Waals surface area (Å²) in [5, 5.41) is 3.41. The highest BCUT2D eigenvalue weighted by atomic mass is 16.5. The van der Waals surface area contributed by atoms with Crippen molar-refractivity contribution in [3.05, 3.63) is 72.2 Å². The first-order chi connectivity index (χ1) is 13.7. The van der Waals surface area contributed by atoms with E-state index in [1.165, 1.54) is 5.56 Å². The lowest BCUT2D eigenvalue weighted by atomic mass is 10.1. The van der Waals surface area contributed by atoms with Crippen LogP contribution in [0.3, 0.4) is 0 Å². The third-order valence-electron chi connectivity index (χ3n) is 4.88. The van der Waals surface area contributed by atoms with Gasteiger partial charge in [0.2, 0.25) is 0 Å². The maximum Gasteiger partial charge on any atom is 0.193 e. The molecule has 2 heterocycles. The summed E-state index contributed by atoms with van der Waals surface area (Å²) in [5.74, 6) is 2.70. The van der Waals surface area contributed by atoms with Gasteiger partial charge in [-0.25, -0.2) is 4.98 Å². The number of aromatic nitrogens is 2. The summed E-state index contributed by atoms with van der Waals surface area (Å²) >= 11 is 0. The molecule has 0 radical (unpaired) electrons. The van der Waals surface area contributed by atoms with Crippen molar-refractivity contribution in [2.75, 3.05) is 20.6 Å². The summed E-state index contributed by atoms with van der Waals surface area (Å²) < 4.78 is 6.00. The lowest BCUT2D eigenvalue weighted by molar-refractivity contribution is 0.233. The van der Waals surface area contributed by atoms with Gasteiger partial charge in [-0.2, -0.15) is 0 Å². The number of nitrogens with zero attached hydrogens (tertiary/aromatic N) is 3. The first-order valence-electron chi connectivity index (χ1n) is 9.48. The van der Waals surface area contributed by atoms with E-state index >= 15 is 0 Å². The molecule has 1 aliphatic heterocycles. The molecule has 2 aromatic carbocycles. The van der Waals surface area contributed by atoms with E-state index in [0.29, 0.717) is 13.1 Å². The minimum Gasteiger partial charge on any atom is -0.488 e. The lowest BCUT2D eigenvalue weighted by Crippen LogP contribution is -2.43. The molecule has 0 fully saturated rings. The Morgan fingerprint density at radius 2 is 2.00 bits per heavy atom. The van der Waals surface area contributed by atoms with Crippen molar-refractivity contribution < 1.29 is 4.74 Å². The van der Waals surface area contributed by atoms with Gasteiger partial charge in [0.1, 0.15) is 17.7 Å². The number of para-hydroxylation sites is 1. The number of nitrogens with one attached hydrogen (secondary N) is 2. The highest BCUT2D eigenvalue weighted by Gasteiger charge is 2.22. The summed E-state index contributed by atoms with van der Waals surface area (Å²) in [4.78, 5) is 14.3. The highest BCUT2D eigenvalue weighted by Crippen LogP contribution is 2.27. The predicted molar refractivity (Wildman–Crippen MR) is 111 cm³/mol. The fraction of sp³-hybridized carbons (Fsp3) is 0.273. The van der Waals surface area contributed by atoms with Crippen LogP contribution in [0, 0.1) is 0 Å². The fourth-order valence-electron chi connectivity index (χ4n) is 3.46. The standard InChI is InChI=1S/C22H25N5O/c1-23-22(25-13-18-12-17-10-6-7-11-20(17)28-18)27(2)15-21-24-14-19(26-21)16-8-4-3-5-9-16/h3-11,14,18H,12-13,15H2,1-2H3,(H,23,25)(H,24,26). The van der Waals surface area contributed by atoms with Crippen molar-refractivity contribution in [2.45, 2.75) is 19.1 Å². The molecule has 0 aliphatic carbocycles. The van der Waals surface area contributed by atoms with Gasteiger partial charge in [0, 0.05) is 20.5 Å². The van der Waals surface area contributed by atoms with Gasteiger partial charge in [0.05, 0.1) is 25.0 Å². The zero-order chi connectivity index (χ0) is 19.3. The molecule has 0 spiro atoms. The van der Waals surface area contributed by atoms with Crippen LogP contribution >= 0.6 is 0 Å². The van der Waals surface area contributed by atoms with E-state index in [0.717, 1.165) is 35.2 Å². The number of imidazole rings is 1. The van der Waals surface area contributed by atoms with Crippen LogP contribution in [0.1, 0.15) is 11.4 Å². The molecule has 1 aliphatic rings. The molecule has 1 atom stereocenters. The van der Waals surface area contributed by atoms with E-state index < -0.39 is 0 Å². The van der Waals surface area contributed by atoms with Crippen LogP contribution in [0.5, 0.6) is 5.75 Å². The summed E-state index contributed by atoms with van der Waals surface area (Å²) in [7, 11) is 3.80. The zero-order valence-corrected chi connectivity index (χ0v) is 16.2. The molecule has 3 aromatic rings. The molecule has 4 rings (SSSR count). The second-order valence-corrected chi connectivity index (χ2v) is 6.95. The van der Waals surface area contributed by atoms with E-state index in [-0.39, 0.29) is 6.10 Å². The molecule has 1 unspecified atom stereocenters. The van der Waals surface area contributed by atoms with Gasteiger partial charge in [0.25, 0.3) is 0 Å². The largest absolute Gasteiger partial charge is 0.488 e. The monoisotopic (exact) mass is 375 g/mol. The fourth-order valence-corrected chi connectivity index (χ4v) is 3.46. The third kappa shape index (κ3) is 4.01. The van der Waals surface area contributed by atoms with Crippen molar-refractivity contribution in [3.63, 3.8) is 0 Å². The minimum atomic E-state index is 0.121. The summed E-state index contributed by atoms with van der Waals surface area (Å²) in [6.45, 7) is 1.34. The Kier molecular flexibility index (Phi) is 5.28. The second-order valence-electron chi connectivity index (χ2n) is 6.95. The van der Waals surface area contributed by atoms with Crippen LogP contribution in [-0.4, -0.2) is 47.6 Å². The van der Waals surface area contributed by atoms with E-state index in [2.05, 4.69) is 49.4 Å². The molecule has 0 saturated heterocycles. The molecule has 28 heavy (non-hydrogen) atoms. The van der Waals surface area contributed by atoms with Crippen molar-refractivity contribution in [1.82, 2.24) is 20.2 Å². The number of fused-ring (bicyclic) bond motifs is 1. The Morgan fingerprint density at radius 1 is 1.21 bits per heavy atom. The van der Waals surface area contributed by atoms with Gasteiger partial charge in [-0.15, -0.1) is 0 Å². The Bertz CT molecular complexity index is 925. The van der Waals surface area contributed by atoms with Crippen molar-refractivity contribution in [3.8, 4) is 17.0 Å². The average Bonchev–Trinajstić information content (AvgIpc) is 3.35. The Balaban J connectivity index is 1.32. The molecule has 6 heteroatoms. The van der Waals surface area contributed by atoms with E-state index in [9.17, 15) is 0 Å². The molecular formula is C22H25N5O. The van der Waals surface area contributed by atoms with Crippen molar-refractivity contribution in [2.24, 2.45) is 4.99 Å². The lowest BCUT2D eigenvalue weighted by Gasteiger charge is -2.22. The summed E-state index contributed by atoms with van der Waals surface area (Å²) in [6, 6.07) is 18.4. The van der Waals surface area contributed by atoms with Crippen LogP contribution in [0.15, 0.2) is 65.8 Å². The van der Waals surface area contributed by atoms with E-state index in [1.807, 2.05) is 43.6 Å². The minimum absolute atomic E-state index is 0.121. The highest BCUT2D eigenvalue weighted by molar-refractivity contribution is 5.79. The van der Waals surface area contributed by atoms with Crippen LogP contribution < -0.4 is 10.1 Å². The number of H-pyrrole nitrogens is 1. The van der Waals surface area contributed by atoms with Crippen molar-refractivity contribution >= 4 is 5.96 Å². The molecule has 0 amide bonds. The quantitative estimate of drug-likeness (QED) is 0.531. The van der Waals surface area contributed by atoms with Gasteiger partial charge < -0.3 is 19.9 Å². The molecule has 144 valence electrons. The number of benzene rings is 2. The Hall–Kier alpha value is -3.28. The van der Waals surface area contributed by atoms with E-state index in [4.69, 9.17) is 4.74 Å². The molecule has 0 bridgehead atoms. The number of aliphatic imine (C=N–C) groups is 1. The molecular weight excluding hydrogens is 350 g/mol. The number of hydrogen-bond acceptors (Lipinski definition) is 3. The number of rotatable bonds is 5. The molecule has 6 nitrogen and oxygen atoms in total. The zero-order valence-electron chi connectivity index (χ0n) is 16.2. The van der Waals surface area contributed by atoms with Gasteiger partial charge in [-0.3, -0.25) is 4.99 Å². The van der Waals surface area contributed by atoms with Crippen LogP contribution in [0.25, 0.3) is 11.3 Å². The second kappa shape index (κ2) is 8.17. The maximum atomic E-state index is 6.00. The normalized spacial score (nSPS) is 15.8. The first-order valence-corrected chi connectivity index (χ1v) is 9.48. The molecule has 0 saturated carbocycles. The van der Waals surface area contributed by atoms with Crippen LogP contribution in [-0.2, 0) is 13.0 Å². The third-order valence-corrected chi connectivity index (χ3v) is 4.88. The predicted octanol–water partition coefficient (Wildman–Crippen LogP) is 3.09. The Morgan fingerprint density at radius 3 is 2.79 bits per heavy atom. The van der Waals surface area contributed by atoms with E-state index in [1.54, 1.807) is 7.05 Å². The SMILES string of the molecule is CN=C(NCC1Cc2ccccc2O1)N(C)Cc1ncc(-c2ccccc2)[nH]1. The van der Waals surface area contributed by atoms with Crippen LogP contribution in [0.4, 0.5) is 0 Å². The number of aromatic amines is 1. The Labute approximate surface area is 165 Å². The molecule has 2 N–H and O–H groups in total. The van der Waals surface area contributed by atoms with Gasteiger partial charge in [-0.1, -0.05) is 48.5 Å². The summed E-state index contributed by atoms with van der Waals surface area (Å²) in [6.07, 6.45) is 2.91. The number of ether oxygens (including phenoxy) is 1. The molecule has 1 aromatic heterocycles.